The molecule has 11 heavy (non-hydrogen) atoms. The van der Waals surface area contributed by atoms with Crippen molar-refractivity contribution < 1.29 is 9.81 Å². The second-order valence-corrected chi connectivity index (χ2v) is 3.68. The van der Waals surface area contributed by atoms with Gasteiger partial charge in [0.25, 0.3) is 0 Å². The number of nitrogens with two attached hydrogens (primary N) is 3. The highest BCUT2D eigenvalue weighted by Crippen LogP contribution is 2.28. The number of nitrogens with zero attached hydrogens (tertiary/aromatic N) is 1. The normalized spacial score (nSPS) is 13.6. The molecule has 0 saturated heterocycles. The Morgan fingerprint density at radius 2 is 1.64 bits per heavy atom. The van der Waals surface area contributed by atoms with Gasteiger partial charge in [0.1, 0.15) is 5.34 Å². The summed E-state index contributed by atoms with van der Waals surface area (Å²) in [5.74, 6) is 15.7. The molecule has 6 N–H and O–H groups in total. The van der Waals surface area contributed by atoms with Gasteiger partial charge in [-0.2, -0.15) is 0 Å². The van der Waals surface area contributed by atoms with Gasteiger partial charge >= 0.3 is 0 Å². The Labute approximate surface area is 69.5 Å². The van der Waals surface area contributed by atoms with Crippen molar-refractivity contribution in [3.05, 3.63) is 0 Å². The molecule has 0 aromatic rings. The molecule has 0 aliphatic carbocycles. The van der Waals surface area contributed by atoms with E-state index < -0.39 is 10.3 Å². The van der Waals surface area contributed by atoms with Crippen molar-refractivity contribution in [3.8, 4) is 0 Å². The van der Waals surface area contributed by atoms with Crippen molar-refractivity contribution in [2.24, 2.45) is 17.5 Å². The van der Waals surface area contributed by atoms with Crippen molar-refractivity contribution in [2.45, 2.75) is 32.0 Å². The average molecular weight is 181 g/mol. The number of rotatable bonds is 4. The largest absolute Gasteiger partial charge is 0.147 e. The minimum Gasteiger partial charge on any atom is -0.129 e. The lowest BCUT2D eigenvalue weighted by atomic mass is 10.2. The molecule has 0 aromatic heterocycles. The van der Waals surface area contributed by atoms with Gasteiger partial charge in [0.05, 0.1) is 0 Å². The predicted octanol–water partition coefficient (Wildman–Crippen LogP) is -0.253. The fraction of sp³-hybridized carbons (Fsp3) is 1.00. The molecule has 1 atom stereocenters. The molecule has 0 saturated carbocycles. The zero-order valence-corrected chi connectivity index (χ0v) is 8.23. The van der Waals surface area contributed by atoms with Crippen LogP contribution in [0.5, 0.6) is 0 Å². The van der Waals surface area contributed by atoms with Crippen LogP contribution in [0.1, 0.15) is 26.7 Å². The zero-order valence-electron chi connectivity index (χ0n) is 7.08. The van der Waals surface area contributed by atoms with E-state index in [1.807, 2.05) is 13.8 Å². The molecule has 0 aliphatic rings. The second-order valence-electron chi connectivity index (χ2n) is 2.63. The SMILES string of the molecule is CCC(P)(CC)O[N+](N)(N)N. The summed E-state index contributed by atoms with van der Waals surface area (Å²) in [6.45, 7) is 3.96. The molecule has 5 nitrogen and oxygen atoms in total. The van der Waals surface area contributed by atoms with Crippen LogP contribution in [0.2, 0.25) is 0 Å². The number of hydrogen-bond donors (Lipinski definition) is 3. The topological polar surface area (TPSA) is 87.3 Å². The van der Waals surface area contributed by atoms with Gasteiger partial charge in [0.15, 0.2) is 0 Å². The van der Waals surface area contributed by atoms with Crippen LogP contribution < -0.4 is 17.5 Å². The highest BCUT2D eigenvalue weighted by Gasteiger charge is 2.31. The van der Waals surface area contributed by atoms with Crippen LogP contribution in [0, 0.1) is 0 Å². The summed E-state index contributed by atoms with van der Waals surface area (Å²) in [6.07, 6.45) is 1.58. The maximum absolute atomic E-state index is 5.23. The molecule has 0 rings (SSSR count). The fourth-order valence-corrected chi connectivity index (χ4v) is 0.877. The Hall–Kier alpha value is 0.230. The quantitative estimate of drug-likeness (QED) is 0.241. The van der Waals surface area contributed by atoms with Crippen LogP contribution in [0.4, 0.5) is 0 Å². The third-order valence-electron chi connectivity index (χ3n) is 1.54. The Kier molecular flexibility index (Phi) is 3.84. The highest BCUT2D eigenvalue weighted by molar-refractivity contribution is 7.18. The van der Waals surface area contributed by atoms with Crippen LogP contribution >= 0.6 is 9.24 Å². The van der Waals surface area contributed by atoms with Gasteiger partial charge in [-0.05, 0) is 12.8 Å². The monoisotopic (exact) mass is 181 g/mol. The molecule has 1 unspecified atom stereocenters. The summed E-state index contributed by atoms with van der Waals surface area (Å²) in [5, 5.41) is -0.418. The Balaban J connectivity index is 4.08. The van der Waals surface area contributed by atoms with Crippen molar-refractivity contribution in [1.82, 2.24) is 0 Å². The van der Waals surface area contributed by atoms with E-state index in [1.165, 1.54) is 0 Å². The van der Waals surface area contributed by atoms with E-state index in [0.717, 1.165) is 12.8 Å². The molecule has 0 bridgehead atoms. The van der Waals surface area contributed by atoms with E-state index in [-0.39, 0.29) is 0 Å². The second kappa shape index (κ2) is 3.76. The maximum Gasteiger partial charge on any atom is 0.147 e. The summed E-state index contributed by atoms with van der Waals surface area (Å²) >= 11 is 0. The van der Waals surface area contributed by atoms with E-state index in [1.54, 1.807) is 0 Å². The summed E-state index contributed by atoms with van der Waals surface area (Å²) in [4.78, 5) is 4.22. The fourth-order valence-electron chi connectivity index (χ4n) is 0.694. The van der Waals surface area contributed by atoms with Crippen LogP contribution in [0.3, 0.4) is 0 Å². The number of hydrogen-bond acceptors (Lipinski definition) is 4. The van der Waals surface area contributed by atoms with Gasteiger partial charge in [0, 0.05) is 4.97 Å². The molecular formula is C5H18N4OP+. The molecular weight excluding hydrogens is 163 g/mol. The summed E-state index contributed by atoms with van der Waals surface area (Å²) in [5.41, 5.74) is 0. The van der Waals surface area contributed by atoms with Crippen LogP contribution in [0.25, 0.3) is 0 Å². The van der Waals surface area contributed by atoms with Gasteiger partial charge in [-0.3, -0.25) is 0 Å². The molecule has 0 fully saturated rings. The van der Waals surface area contributed by atoms with Crippen molar-refractivity contribution in [1.29, 1.82) is 0 Å². The first-order chi connectivity index (χ1) is 4.83. The van der Waals surface area contributed by atoms with E-state index in [4.69, 9.17) is 22.4 Å². The van der Waals surface area contributed by atoms with Gasteiger partial charge in [-0.1, -0.05) is 23.1 Å². The standard InChI is InChI=1S/C5H18N4OP/c1-3-5(11,4-2)10-9(6,7)8/h3-4,6-8,11H2,1-2H3/q+1. The molecule has 0 aromatic carbocycles. The molecule has 0 spiro atoms. The Morgan fingerprint density at radius 1 is 1.27 bits per heavy atom. The van der Waals surface area contributed by atoms with Gasteiger partial charge in [-0.15, -0.1) is 22.4 Å². The molecule has 0 amide bonds. The lowest BCUT2D eigenvalue weighted by Gasteiger charge is -2.29. The zero-order chi connectivity index (χ0) is 9.12. The first-order valence-electron chi connectivity index (χ1n) is 3.57. The van der Waals surface area contributed by atoms with E-state index in [9.17, 15) is 0 Å². The lowest BCUT2D eigenvalue weighted by Crippen LogP contribution is -2.68. The third-order valence-corrected chi connectivity index (χ3v) is 2.46. The molecule has 0 radical (unpaired) electrons. The van der Waals surface area contributed by atoms with Crippen LogP contribution in [-0.2, 0) is 4.84 Å². The highest BCUT2D eigenvalue weighted by atomic mass is 31.0. The van der Waals surface area contributed by atoms with Gasteiger partial charge < -0.3 is 0 Å². The predicted molar refractivity (Wildman–Crippen MR) is 46.9 cm³/mol. The minimum absolute atomic E-state index is 0.418. The van der Waals surface area contributed by atoms with Gasteiger partial charge in [0.2, 0.25) is 0 Å². The van der Waals surface area contributed by atoms with E-state index >= 15 is 0 Å². The molecule has 0 heterocycles. The Morgan fingerprint density at radius 3 is 1.73 bits per heavy atom. The average Bonchev–Trinajstić information content (AvgIpc) is 1.84. The Bertz CT molecular complexity index is 120. The van der Waals surface area contributed by atoms with Crippen molar-refractivity contribution >= 4 is 9.24 Å². The summed E-state index contributed by atoms with van der Waals surface area (Å²) in [6, 6.07) is 0. The lowest BCUT2D eigenvalue weighted by molar-refractivity contribution is -1.14. The first-order valence-corrected chi connectivity index (χ1v) is 4.15. The van der Waals surface area contributed by atoms with Gasteiger partial charge in [-0.25, -0.2) is 0 Å². The van der Waals surface area contributed by atoms with Crippen molar-refractivity contribution in [2.75, 3.05) is 0 Å². The first kappa shape index (κ1) is 11.2. The van der Waals surface area contributed by atoms with E-state index in [2.05, 4.69) is 9.24 Å². The maximum atomic E-state index is 5.23. The molecule has 68 valence electrons. The number of quaternary nitrogens is 1. The summed E-state index contributed by atoms with van der Waals surface area (Å²) < 4.78 is 0. The van der Waals surface area contributed by atoms with Crippen LogP contribution in [0.15, 0.2) is 0 Å². The molecule has 6 heteroatoms. The smallest absolute Gasteiger partial charge is 0.129 e. The van der Waals surface area contributed by atoms with E-state index in [0.29, 0.717) is 0 Å². The van der Waals surface area contributed by atoms with Crippen molar-refractivity contribution in [3.63, 3.8) is 0 Å². The third kappa shape index (κ3) is 4.63. The minimum atomic E-state index is -0.939. The summed E-state index contributed by atoms with van der Waals surface area (Å²) in [7, 11) is 2.55. The molecule has 0 aliphatic heterocycles. The van der Waals surface area contributed by atoms with Crippen LogP contribution in [-0.4, -0.2) is 10.3 Å².